The molecule has 0 radical (unpaired) electrons. The molecule has 2 bridgehead atoms. The Balaban J connectivity index is 1.98. The van der Waals surface area contributed by atoms with E-state index >= 15 is 0 Å². The first-order valence-corrected chi connectivity index (χ1v) is 9.26. The lowest BCUT2D eigenvalue weighted by molar-refractivity contribution is 0.0790. The molecule has 0 spiro atoms. The summed E-state index contributed by atoms with van der Waals surface area (Å²) in [6.07, 6.45) is 2.45. The minimum Gasteiger partial charge on any atom is -0.393 e. The lowest BCUT2D eigenvalue weighted by atomic mass is 10.4. The predicted octanol–water partition coefficient (Wildman–Crippen LogP) is 1.97. The van der Waals surface area contributed by atoms with Crippen LogP contribution in [0.4, 0.5) is 0 Å². The van der Waals surface area contributed by atoms with Gasteiger partial charge in [-0.25, -0.2) is 0 Å². The molecule has 0 aliphatic carbocycles. The van der Waals surface area contributed by atoms with Crippen LogP contribution in [0.5, 0.6) is 0 Å². The summed E-state index contributed by atoms with van der Waals surface area (Å²) in [6, 6.07) is 2.36. The number of hydrogen-bond donors (Lipinski definition) is 0. The number of rotatable bonds is 3. The highest BCUT2D eigenvalue weighted by Crippen LogP contribution is 2.27. The zero-order valence-corrected chi connectivity index (χ0v) is 11.8. The standard InChI is InChI=1S/C10H20BrNO2Si/c11-3-1-9-15-10-2-4-12(5-7-13-15)6-8-14-15/h1-10H2. The highest BCUT2D eigenvalue weighted by Gasteiger charge is 2.39. The molecule has 0 saturated carbocycles. The van der Waals surface area contributed by atoms with Crippen molar-refractivity contribution in [3.05, 3.63) is 0 Å². The van der Waals surface area contributed by atoms with Crippen LogP contribution in [0.2, 0.25) is 12.1 Å². The third kappa shape index (κ3) is 3.26. The lowest BCUT2D eigenvalue weighted by Crippen LogP contribution is -2.51. The maximum absolute atomic E-state index is 6.10. The van der Waals surface area contributed by atoms with Gasteiger partial charge in [-0.05, 0) is 31.5 Å². The highest BCUT2D eigenvalue weighted by atomic mass is 79.9. The van der Waals surface area contributed by atoms with Crippen LogP contribution in [0, 0.1) is 0 Å². The van der Waals surface area contributed by atoms with Gasteiger partial charge in [-0.15, -0.1) is 0 Å². The van der Waals surface area contributed by atoms with Crippen molar-refractivity contribution in [3.8, 4) is 0 Å². The Morgan fingerprint density at radius 1 is 1.13 bits per heavy atom. The van der Waals surface area contributed by atoms with Gasteiger partial charge in [-0.3, -0.25) is 4.90 Å². The molecule has 0 aromatic carbocycles. The van der Waals surface area contributed by atoms with Crippen LogP contribution in [0.3, 0.4) is 0 Å². The van der Waals surface area contributed by atoms with Gasteiger partial charge in [0.2, 0.25) is 0 Å². The average Bonchev–Trinajstić information content (AvgIpc) is 2.14. The summed E-state index contributed by atoms with van der Waals surface area (Å²) in [5.41, 5.74) is 0. The van der Waals surface area contributed by atoms with Crippen molar-refractivity contribution in [1.82, 2.24) is 4.90 Å². The maximum Gasteiger partial charge on any atom is 0.338 e. The molecule has 0 atom stereocenters. The first-order valence-electron chi connectivity index (χ1n) is 5.91. The zero-order valence-electron chi connectivity index (χ0n) is 9.21. The Labute approximate surface area is 101 Å². The zero-order chi connectivity index (χ0) is 10.6. The minimum atomic E-state index is -1.80. The second kappa shape index (κ2) is 5.77. The molecule has 0 unspecified atom stereocenters. The van der Waals surface area contributed by atoms with E-state index in [0.717, 1.165) is 37.7 Å². The topological polar surface area (TPSA) is 21.7 Å². The fourth-order valence-corrected chi connectivity index (χ4v) is 6.47. The summed E-state index contributed by atoms with van der Waals surface area (Å²) in [5, 5.41) is 1.07. The van der Waals surface area contributed by atoms with E-state index < -0.39 is 8.56 Å². The van der Waals surface area contributed by atoms with Gasteiger partial charge in [0, 0.05) is 31.6 Å². The van der Waals surface area contributed by atoms with Crippen molar-refractivity contribution in [2.24, 2.45) is 0 Å². The van der Waals surface area contributed by atoms with Crippen LogP contribution in [-0.2, 0) is 8.85 Å². The molecule has 0 amide bonds. The van der Waals surface area contributed by atoms with Gasteiger partial charge < -0.3 is 8.85 Å². The number of nitrogens with zero attached hydrogens (tertiary/aromatic N) is 1. The summed E-state index contributed by atoms with van der Waals surface area (Å²) in [6.45, 7) is 5.22. The van der Waals surface area contributed by atoms with Crippen molar-refractivity contribution in [2.75, 3.05) is 38.2 Å². The third-order valence-electron chi connectivity index (χ3n) is 3.27. The summed E-state index contributed by atoms with van der Waals surface area (Å²) in [7, 11) is -1.80. The fraction of sp³-hybridized carbons (Fsp3) is 1.00. The number of hydrogen-bond acceptors (Lipinski definition) is 3. The van der Waals surface area contributed by atoms with Gasteiger partial charge in [0.25, 0.3) is 0 Å². The third-order valence-corrected chi connectivity index (χ3v) is 7.52. The van der Waals surface area contributed by atoms with E-state index in [-0.39, 0.29) is 0 Å². The largest absolute Gasteiger partial charge is 0.393 e. The van der Waals surface area contributed by atoms with E-state index in [2.05, 4.69) is 20.8 Å². The summed E-state index contributed by atoms with van der Waals surface area (Å²) < 4.78 is 12.2. The SMILES string of the molecule is BrCCC[Si]12CCCN(CCO1)CCO2. The number of fused-ring (bicyclic) bond motifs is 6. The van der Waals surface area contributed by atoms with Crippen molar-refractivity contribution in [3.63, 3.8) is 0 Å². The highest BCUT2D eigenvalue weighted by molar-refractivity contribution is 9.09. The normalized spacial score (nSPS) is 37.0. The van der Waals surface area contributed by atoms with E-state index in [1.807, 2.05) is 0 Å². The van der Waals surface area contributed by atoms with E-state index in [9.17, 15) is 0 Å². The second-order valence-electron chi connectivity index (χ2n) is 4.35. The van der Waals surface area contributed by atoms with Crippen LogP contribution < -0.4 is 0 Å². The van der Waals surface area contributed by atoms with Crippen molar-refractivity contribution >= 4 is 24.5 Å². The van der Waals surface area contributed by atoms with Gasteiger partial charge in [0.15, 0.2) is 0 Å². The molecule has 3 heterocycles. The molecule has 3 rings (SSSR count). The van der Waals surface area contributed by atoms with Crippen molar-refractivity contribution in [2.45, 2.75) is 24.9 Å². The van der Waals surface area contributed by atoms with Crippen LogP contribution in [0.1, 0.15) is 12.8 Å². The van der Waals surface area contributed by atoms with Crippen LogP contribution in [-0.4, -0.2) is 51.6 Å². The van der Waals surface area contributed by atoms with Gasteiger partial charge in [0.1, 0.15) is 0 Å². The van der Waals surface area contributed by atoms with Crippen LogP contribution >= 0.6 is 15.9 Å². The minimum absolute atomic E-state index is 0.883. The molecule has 3 saturated heterocycles. The maximum atomic E-state index is 6.10. The van der Waals surface area contributed by atoms with Gasteiger partial charge in [0.05, 0.1) is 0 Å². The molecule has 3 fully saturated rings. The molecular weight excluding hydrogens is 274 g/mol. The molecule has 3 aliphatic rings. The Hall–Kier alpha value is 0.577. The lowest BCUT2D eigenvalue weighted by Gasteiger charge is -2.39. The molecule has 3 aliphatic heterocycles. The fourth-order valence-electron chi connectivity index (χ4n) is 2.42. The second-order valence-corrected chi connectivity index (χ2v) is 8.54. The number of alkyl halides is 1. The summed E-state index contributed by atoms with van der Waals surface area (Å²) in [5.74, 6) is 0. The molecule has 15 heavy (non-hydrogen) atoms. The average molecular weight is 294 g/mol. The molecule has 0 aromatic heterocycles. The van der Waals surface area contributed by atoms with Crippen molar-refractivity contribution in [1.29, 1.82) is 0 Å². The Kier molecular flexibility index (Phi) is 4.63. The van der Waals surface area contributed by atoms with E-state index in [0.29, 0.717) is 0 Å². The van der Waals surface area contributed by atoms with E-state index in [1.165, 1.54) is 25.4 Å². The first kappa shape index (κ1) is 12.0. The quantitative estimate of drug-likeness (QED) is 0.587. The Morgan fingerprint density at radius 2 is 1.87 bits per heavy atom. The molecule has 3 nitrogen and oxygen atoms in total. The van der Waals surface area contributed by atoms with Gasteiger partial charge in [-0.1, -0.05) is 15.9 Å². The molecule has 0 N–H and O–H groups in total. The summed E-state index contributed by atoms with van der Waals surface area (Å²) in [4.78, 5) is 2.46. The van der Waals surface area contributed by atoms with Crippen molar-refractivity contribution < 1.29 is 8.85 Å². The van der Waals surface area contributed by atoms with Gasteiger partial charge >= 0.3 is 8.56 Å². The van der Waals surface area contributed by atoms with Gasteiger partial charge in [-0.2, -0.15) is 0 Å². The van der Waals surface area contributed by atoms with E-state index in [1.54, 1.807) is 0 Å². The van der Waals surface area contributed by atoms with E-state index in [4.69, 9.17) is 8.85 Å². The Bertz CT molecular complexity index is 173. The smallest absolute Gasteiger partial charge is 0.338 e. The molecule has 0 aromatic rings. The monoisotopic (exact) mass is 293 g/mol. The van der Waals surface area contributed by atoms with Crippen LogP contribution in [0.25, 0.3) is 0 Å². The summed E-state index contributed by atoms with van der Waals surface area (Å²) >= 11 is 3.50. The predicted molar refractivity (Wildman–Crippen MR) is 66.7 cm³/mol. The number of halogens is 1. The molecular formula is C10H20BrNO2Si. The molecule has 5 heteroatoms. The molecule has 88 valence electrons. The Morgan fingerprint density at radius 3 is 2.53 bits per heavy atom. The first-order chi connectivity index (χ1) is 7.35. The van der Waals surface area contributed by atoms with Crippen LogP contribution in [0.15, 0.2) is 0 Å².